The van der Waals surface area contributed by atoms with Gasteiger partial charge in [0.05, 0.1) is 5.69 Å². The van der Waals surface area contributed by atoms with Crippen LogP contribution in [-0.4, -0.2) is 9.97 Å². The van der Waals surface area contributed by atoms with Crippen LogP contribution in [0.5, 0.6) is 0 Å². The normalized spacial score (nSPS) is 10.7. The standard InChI is InChI=1S/C22H14Cl2N2/c23-21-14-20(25-22(24)26-21)17-11-9-16(10-12-17)19-8-4-7-18(13-19)15-5-2-1-3-6-15/h1-14H. The molecule has 2 nitrogen and oxygen atoms in total. The molecule has 26 heavy (non-hydrogen) atoms. The molecule has 0 spiro atoms. The molecule has 0 saturated carbocycles. The van der Waals surface area contributed by atoms with Gasteiger partial charge in [-0.25, -0.2) is 9.97 Å². The molecular weight excluding hydrogens is 363 g/mol. The third-order valence-corrected chi connectivity index (χ3v) is 4.51. The summed E-state index contributed by atoms with van der Waals surface area (Å²) >= 11 is 11.9. The Balaban J connectivity index is 1.67. The average Bonchev–Trinajstić information content (AvgIpc) is 2.68. The summed E-state index contributed by atoms with van der Waals surface area (Å²) < 4.78 is 0. The first kappa shape index (κ1) is 16.8. The quantitative estimate of drug-likeness (QED) is 0.290. The Kier molecular flexibility index (Phi) is 4.70. The summed E-state index contributed by atoms with van der Waals surface area (Å²) in [6, 6.07) is 28.7. The molecule has 0 aliphatic heterocycles. The van der Waals surface area contributed by atoms with E-state index in [-0.39, 0.29) is 5.28 Å². The minimum absolute atomic E-state index is 0.145. The van der Waals surface area contributed by atoms with Gasteiger partial charge >= 0.3 is 0 Å². The molecule has 1 aromatic heterocycles. The zero-order valence-electron chi connectivity index (χ0n) is 13.7. The van der Waals surface area contributed by atoms with Crippen molar-refractivity contribution >= 4 is 23.2 Å². The van der Waals surface area contributed by atoms with Crippen molar-refractivity contribution in [2.45, 2.75) is 0 Å². The van der Waals surface area contributed by atoms with Gasteiger partial charge in [0.2, 0.25) is 5.28 Å². The fourth-order valence-electron chi connectivity index (χ4n) is 2.88. The van der Waals surface area contributed by atoms with Crippen molar-refractivity contribution in [2.75, 3.05) is 0 Å². The van der Waals surface area contributed by atoms with Crippen LogP contribution in [0.1, 0.15) is 0 Å². The summed E-state index contributed by atoms with van der Waals surface area (Å²) in [4.78, 5) is 8.11. The molecule has 0 N–H and O–H groups in total. The third-order valence-electron chi connectivity index (χ3n) is 4.15. The number of aromatic nitrogens is 2. The van der Waals surface area contributed by atoms with Crippen molar-refractivity contribution in [1.29, 1.82) is 0 Å². The van der Waals surface area contributed by atoms with Crippen LogP contribution in [0.3, 0.4) is 0 Å². The average molecular weight is 377 g/mol. The number of hydrogen-bond donors (Lipinski definition) is 0. The van der Waals surface area contributed by atoms with E-state index in [9.17, 15) is 0 Å². The van der Waals surface area contributed by atoms with Crippen LogP contribution in [0.2, 0.25) is 10.4 Å². The summed E-state index contributed by atoms with van der Waals surface area (Å²) in [6.07, 6.45) is 0. The SMILES string of the molecule is Clc1cc(-c2ccc(-c3cccc(-c4ccccc4)c3)cc2)nc(Cl)n1. The van der Waals surface area contributed by atoms with Crippen molar-refractivity contribution in [3.8, 4) is 33.5 Å². The van der Waals surface area contributed by atoms with Crippen molar-refractivity contribution in [3.63, 3.8) is 0 Å². The van der Waals surface area contributed by atoms with Gasteiger partial charge in [-0.05, 0) is 39.9 Å². The highest BCUT2D eigenvalue weighted by molar-refractivity contribution is 6.32. The molecule has 0 aliphatic rings. The van der Waals surface area contributed by atoms with Crippen molar-refractivity contribution in [1.82, 2.24) is 9.97 Å². The summed E-state index contributed by atoms with van der Waals surface area (Å²) in [6.45, 7) is 0. The van der Waals surface area contributed by atoms with E-state index in [0.29, 0.717) is 10.8 Å². The lowest BCUT2D eigenvalue weighted by Gasteiger charge is -2.08. The van der Waals surface area contributed by atoms with Crippen LogP contribution in [0.25, 0.3) is 33.5 Å². The van der Waals surface area contributed by atoms with Gasteiger partial charge in [-0.15, -0.1) is 0 Å². The maximum atomic E-state index is 5.97. The highest BCUT2D eigenvalue weighted by atomic mass is 35.5. The molecule has 0 unspecified atom stereocenters. The second kappa shape index (κ2) is 7.28. The van der Waals surface area contributed by atoms with Crippen LogP contribution in [0.15, 0.2) is 84.9 Å². The monoisotopic (exact) mass is 376 g/mol. The molecule has 0 bridgehead atoms. The van der Waals surface area contributed by atoms with Crippen LogP contribution >= 0.6 is 23.2 Å². The smallest absolute Gasteiger partial charge is 0.218 e. The molecule has 126 valence electrons. The molecule has 4 heteroatoms. The predicted molar refractivity (Wildman–Crippen MR) is 108 cm³/mol. The van der Waals surface area contributed by atoms with Crippen LogP contribution in [-0.2, 0) is 0 Å². The lowest BCUT2D eigenvalue weighted by atomic mass is 9.98. The van der Waals surface area contributed by atoms with Crippen molar-refractivity contribution in [3.05, 3.63) is 95.4 Å². The zero-order valence-corrected chi connectivity index (χ0v) is 15.2. The second-order valence-corrected chi connectivity index (χ2v) is 6.59. The van der Waals surface area contributed by atoms with E-state index in [1.54, 1.807) is 6.07 Å². The van der Waals surface area contributed by atoms with E-state index < -0.39 is 0 Å². The van der Waals surface area contributed by atoms with Gasteiger partial charge in [-0.3, -0.25) is 0 Å². The molecule has 4 rings (SSSR count). The Labute approximate surface area is 162 Å². The highest BCUT2D eigenvalue weighted by Gasteiger charge is 2.06. The number of benzene rings is 3. The first-order valence-corrected chi connectivity index (χ1v) is 8.91. The molecule has 4 aromatic rings. The Morgan fingerprint density at radius 2 is 1.08 bits per heavy atom. The minimum Gasteiger partial charge on any atom is -0.218 e. The Morgan fingerprint density at radius 1 is 0.500 bits per heavy atom. The minimum atomic E-state index is 0.145. The van der Waals surface area contributed by atoms with E-state index in [1.807, 2.05) is 18.2 Å². The van der Waals surface area contributed by atoms with Gasteiger partial charge in [0, 0.05) is 11.6 Å². The van der Waals surface area contributed by atoms with Gasteiger partial charge in [-0.2, -0.15) is 0 Å². The van der Waals surface area contributed by atoms with E-state index in [1.165, 1.54) is 11.1 Å². The summed E-state index contributed by atoms with van der Waals surface area (Å²) in [5.74, 6) is 0. The molecule has 0 aliphatic carbocycles. The summed E-state index contributed by atoms with van der Waals surface area (Å²) in [5.41, 5.74) is 6.35. The van der Waals surface area contributed by atoms with Gasteiger partial charge < -0.3 is 0 Å². The largest absolute Gasteiger partial charge is 0.224 e. The molecule has 0 atom stereocenters. The lowest BCUT2D eigenvalue weighted by Crippen LogP contribution is -1.88. The number of halogens is 2. The highest BCUT2D eigenvalue weighted by Crippen LogP contribution is 2.28. The predicted octanol–water partition coefficient (Wildman–Crippen LogP) is 6.78. The second-order valence-electron chi connectivity index (χ2n) is 5.87. The molecule has 0 fully saturated rings. The van der Waals surface area contributed by atoms with E-state index in [4.69, 9.17) is 23.2 Å². The van der Waals surface area contributed by atoms with Gasteiger partial charge in [0.1, 0.15) is 5.15 Å². The maximum absolute atomic E-state index is 5.97. The molecule has 3 aromatic carbocycles. The molecule has 0 radical (unpaired) electrons. The van der Waals surface area contributed by atoms with Crippen LogP contribution < -0.4 is 0 Å². The summed E-state index contributed by atoms with van der Waals surface area (Å²) in [7, 11) is 0. The number of rotatable bonds is 3. The van der Waals surface area contributed by atoms with Gasteiger partial charge in [0.25, 0.3) is 0 Å². The number of nitrogens with zero attached hydrogens (tertiary/aromatic N) is 2. The Bertz CT molecular complexity index is 1020. The van der Waals surface area contributed by atoms with E-state index in [2.05, 4.69) is 70.6 Å². The Hall–Kier alpha value is -2.68. The number of hydrogen-bond acceptors (Lipinski definition) is 2. The van der Waals surface area contributed by atoms with Gasteiger partial charge in [0.15, 0.2) is 0 Å². The van der Waals surface area contributed by atoms with Crippen molar-refractivity contribution in [2.24, 2.45) is 0 Å². The summed E-state index contributed by atoms with van der Waals surface area (Å²) in [5, 5.41) is 0.478. The molecular formula is C22H14Cl2N2. The third kappa shape index (κ3) is 3.62. The lowest BCUT2D eigenvalue weighted by molar-refractivity contribution is 1.17. The van der Waals surface area contributed by atoms with E-state index >= 15 is 0 Å². The first-order valence-electron chi connectivity index (χ1n) is 8.15. The molecule has 0 amide bonds. The Morgan fingerprint density at radius 3 is 1.73 bits per heavy atom. The fourth-order valence-corrected chi connectivity index (χ4v) is 3.29. The topological polar surface area (TPSA) is 25.8 Å². The first-order chi connectivity index (χ1) is 12.7. The van der Waals surface area contributed by atoms with Crippen molar-refractivity contribution < 1.29 is 0 Å². The molecule has 1 heterocycles. The van der Waals surface area contributed by atoms with Crippen LogP contribution in [0, 0.1) is 0 Å². The maximum Gasteiger partial charge on any atom is 0.224 e. The van der Waals surface area contributed by atoms with Gasteiger partial charge in [-0.1, -0.05) is 84.4 Å². The zero-order chi connectivity index (χ0) is 17.9. The fraction of sp³-hybridized carbons (Fsp3) is 0. The van der Waals surface area contributed by atoms with Crippen LogP contribution in [0.4, 0.5) is 0 Å². The molecule has 0 saturated heterocycles. The van der Waals surface area contributed by atoms with E-state index in [0.717, 1.165) is 16.7 Å².